The molecule has 2 rings (SSSR count). The number of nitrogens with zero attached hydrogens (tertiary/aromatic N) is 4. The molecule has 5 nitrogen and oxygen atoms in total. The maximum atomic E-state index is 9.75. The highest BCUT2D eigenvalue weighted by atomic mass is 16.3. The summed E-state index contributed by atoms with van der Waals surface area (Å²) in [5.74, 6) is 0.593. The topological polar surface area (TPSA) is 63.8 Å². The van der Waals surface area contributed by atoms with E-state index in [4.69, 9.17) is 0 Å². The third kappa shape index (κ3) is 3.17. The SMILES string of the molecule is Cc1cc(-c2nnn(CC(C)(C)O)n2)cc(C)c1C. The van der Waals surface area contributed by atoms with E-state index in [-0.39, 0.29) is 0 Å². The summed E-state index contributed by atoms with van der Waals surface area (Å²) in [6.07, 6.45) is 0. The largest absolute Gasteiger partial charge is 0.388 e. The highest BCUT2D eigenvalue weighted by Gasteiger charge is 2.16. The van der Waals surface area contributed by atoms with Gasteiger partial charge in [0.1, 0.15) is 0 Å². The van der Waals surface area contributed by atoms with Crippen LogP contribution in [0.25, 0.3) is 11.4 Å². The molecule has 0 amide bonds. The van der Waals surface area contributed by atoms with Gasteiger partial charge in [-0.2, -0.15) is 4.80 Å². The molecule has 0 atom stereocenters. The van der Waals surface area contributed by atoms with Crippen LogP contribution in [0.1, 0.15) is 30.5 Å². The summed E-state index contributed by atoms with van der Waals surface area (Å²) in [6, 6.07) is 4.13. The summed E-state index contributed by atoms with van der Waals surface area (Å²) in [5.41, 5.74) is 3.83. The standard InChI is InChI=1S/C14H20N4O/c1-9-6-12(7-10(2)11(9)3)13-15-17-18(16-13)8-14(4,5)19/h6-7,19H,8H2,1-5H3. The van der Waals surface area contributed by atoms with Crippen LogP contribution in [0.3, 0.4) is 0 Å². The fraction of sp³-hybridized carbons (Fsp3) is 0.500. The fourth-order valence-corrected chi connectivity index (χ4v) is 1.94. The molecule has 1 heterocycles. The molecule has 0 aliphatic rings. The molecule has 0 fully saturated rings. The first-order valence-electron chi connectivity index (χ1n) is 6.35. The Morgan fingerprint density at radius 3 is 2.26 bits per heavy atom. The van der Waals surface area contributed by atoms with Crippen molar-refractivity contribution in [3.05, 3.63) is 28.8 Å². The van der Waals surface area contributed by atoms with Crippen LogP contribution >= 0.6 is 0 Å². The lowest BCUT2D eigenvalue weighted by atomic mass is 10.0. The molecule has 102 valence electrons. The minimum absolute atomic E-state index is 0.323. The number of rotatable bonds is 3. The van der Waals surface area contributed by atoms with Crippen LogP contribution in [-0.4, -0.2) is 30.9 Å². The Balaban J connectivity index is 2.33. The van der Waals surface area contributed by atoms with Crippen molar-refractivity contribution in [1.82, 2.24) is 20.2 Å². The maximum absolute atomic E-state index is 9.75. The van der Waals surface area contributed by atoms with Gasteiger partial charge in [0, 0.05) is 5.56 Å². The Morgan fingerprint density at radius 1 is 1.16 bits per heavy atom. The summed E-state index contributed by atoms with van der Waals surface area (Å²) in [6.45, 7) is 10.0. The van der Waals surface area contributed by atoms with Crippen LogP contribution in [0, 0.1) is 20.8 Å². The van der Waals surface area contributed by atoms with E-state index in [1.165, 1.54) is 21.5 Å². The molecule has 5 heteroatoms. The Bertz CT molecular complexity index is 573. The van der Waals surface area contributed by atoms with Crippen molar-refractivity contribution in [2.45, 2.75) is 46.8 Å². The number of aromatic nitrogens is 4. The molecule has 0 unspecified atom stereocenters. The van der Waals surface area contributed by atoms with Gasteiger partial charge >= 0.3 is 0 Å². The number of hydrogen-bond donors (Lipinski definition) is 1. The lowest BCUT2D eigenvalue weighted by Gasteiger charge is -2.14. The number of tetrazole rings is 1. The van der Waals surface area contributed by atoms with Crippen molar-refractivity contribution in [2.75, 3.05) is 0 Å². The van der Waals surface area contributed by atoms with Crippen LogP contribution in [0.5, 0.6) is 0 Å². The van der Waals surface area contributed by atoms with Gasteiger partial charge in [0.25, 0.3) is 0 Å². The molecule has 2 aromatic rings. The normalized spacial score (nSPS) is 11.9. The Labute approximate surface area is 113 Å². The zero-order valence-corrected chi connectivity index (χ0v) is 12.1. The van der Waals surface area contributed by atoms with Gasteiger partial charge in [-0.15, -0.1) is 10.2 Å². The first-order valence-corrected chi connectivity index (χ1v) is 6.35. The summed E-state index contributed by atoms with van der Waals surface area (Å²) in [4.78, 5) is 1.43. The van der Waals surface area contributed by atoms with Crippen LogP contribution in [0.4, 0.5) is 0 Å². The van der Waals surface area contributed by atoms with Gasteiger partial charge in [-0.25, -0.2) is 0 Å². The number of hydrogen-bond acceptors (Lipinski definition) is 4. The first-order chi connectivity index (χ1) is 8.76. The molecule has 0 spiro atoms. The highest BCUT2D eigenvalue weighted by Crippen LogP contribution is 2.21. The van der Waals surface area contributed by atoms with Gasteiger partial charge in [-0.1, -0.05) is 0 Å². The minimum atomic E-state index is -0.850. The molecule has 0 saturated carbocycles. The molecular weight excluding hydrogens is 240 g/mol. The van der Waals surface area contributed by atoms with Gasteiger partial charge in [0.05, 0.1) is 12.1 Å². The first kappa shape index (κ1) is 13.7. The summed E-state index contributed by atoms with van der Waals surface area (Å²) in [7, 11) is 0. The quantitative estimate of drug-likeness (QED) is 0.917. The van der Waals surface area contributed by atoms with Gasteiger partial charge in [-0.05, 0) is 68.7 Å². The van der Waals surface area contributed by atoms with Crippen molar-refractivity contribution in [3.8, 4) is 11.4 Å². The molecule has 1 N–H and O–H groups in total. The molecule has 1 aromatic heterocycles. The average Bonchev–Trinajstić information content (AvgIpc) is 2.71. The van der Waals surface area contributed by atoms with E-state index in [1.807, 2.05) is 0 Å². The molecule has 0 aliphatic heterocycles. The van der Waals surface area contributed by atoms with Gasteiger partial charge in [0.2, 0.25) is 5.82 Å². The second kappa shape index (κ2) is 4.74. The van der Waals surface area contributed by atoms with E-state index >= 15 is 0 Å². The summed E-state index contributed by atoms with van der Waals surface area (Å²) in [5, 5.41) is 22.1. The minimum Gasteiger partial charge on any atom is -0.388 e. The third-order valence-corrected chi connectivity index (χ3v) is 3.17. The predicted octanol–water partition coefficient (Wildman–Crippen LogP) is 2.04. The zero-order valence-electron chi connectivity index (χ0n) is 12.1. The molecule has 19 heavy (non-hydrogen) atoms. The van der Waals surface area contributed by atoms with Gasteiger partial charge in [0.15, 0.2) is 0 Å². The van der Waals surface area contributed by atoms with Gasteiger partial charge < -0.3 is 5.11 Å². The molecular formula is C14H20N4O. The second-order valence-corrected chi connectivity index (χ2v) is 5.69. The van der Waals surface area contributed by atoms with Crippen LogP contribution in [0.15, 0.2) is 12.1 Å². The molecule has 0 saturated heterocycles. The number of benzene rings is 1. The monoisotopic (exact) mass is 260 g/mol. The van der Waals surface area contributed by atoms with Gasteiger partial charge in [-0.3, -0.25) is 0 Å². The van der Waals surface area contributed by atoms with E-state index in [1.54, 1.807) is 13.8 Å². The van der Waals surface area contributed by atoms with Crippen LogP contribution in [-0.2, 0) is 6.54 Å². The second-order valence-electron chi connectivity index (χ2n) is 5.69. The Kier molecular flexibility index (Phi) is 3.41. The summed E-state index contributed by atoms with van der Waals surface area (Å²) < 4.78 is 0. The number of aliphatic hydroxyl groups is 1. The maximum Gasteiger partial charge on any atom is 0.204 e. The molecule has 0 aliphatic carbocycles. The Morgan fingerprint density at radius 2 is 1.74 bits per heavy atom. The lowest BCUT2D eigenvalue weighted by molar-refractivity contribution is 0.0526. The fourth-order valence-electron chi connectivity index (χ4n) is 1.94. The predicted molar refractivity (Wildman–Crippen MR) is 73.8 cm³/mol. The molecule has 0 radical (unpaired) electrons. The van der Waals surface area contributed by atoms with Crippen molar-refractivity contribution in [1.29, 1.82) is 0 Å². The lowest BCUT2D eigenvalue weighted by Crippen LogP contribution is -2.27. The number of aryl methyl sites for hydroxylation is 2. The Hall–Kier alpha value is -1.75. The third-order valence-electron chi connectivity index (χ3n) is 3.17. The van der Waals surface area contributed by atoms with E-state index < -0.39 is 5.60 Å². The van der Waals surface area contributed by atoms with E-state index in [0.717, 1.165) is 5.56 Å². The molecule has 0 bridgehead atoms. The summed E-state index contributed by atoms with van der Waals surface area (Å²) >= 11 is 0. The highest BCUT2D eigenvalue weighted by molar-refractivity contribution is 5.58. The van der Waals surface area contributed by atoms with Crippen molar-refractivity contribution < 1.29 is 5.11 Å². The van der Waals surface area contributed by atoms with Crippen LogP contribution in [0.2, 0.25) is 0 Å². The zero-order chi connectivity index (χ0) is 14.2. The van der Waals surface area contributed by atoms with Crippen molar-refractivity contribution in [3.63, 3.8) is 0 Å². The van der Waals surface area contributed by atoms with E-state index in [9.17, 15) is 5.11 Å². The van der Waals surface area contributed by atoms with E-state index in [0.29, 0.717) is 12.4 Å². The van der Waals surface area contributed by atoms with Crippen molar-refractivity contribution in [2.24, 2.45) is 0 Å². The van der Waals surface area contributed by atoms with Crippen molar-refractivity contribution >= 4 is 0 Å². The smallest absolute Gasteiger partial charge is 0.204 e. The molecule has 1 aromatic carbocycles. The van der Waals surface area contributed by atoms with Crippen LogP contribution < -0.4 is 0 Å². The average molecular weight is 260 g/mol. The van der Waals surface area contributed by atoms with E-state index in [2.05, 4.69) is 48.3 Å².